The fraction of sp³-hybridized carbons (Fsp3) is 0.522. The minimum Gasteiger partial charge on any atom is -0.405 e. The van der Waals surface area contributed by atoms with E-state index in [1.54, 1.807) is 6.08 Å². The molecule has 0 amide bonds. The summed E-state index contributed by atoms with van der Waals surface area (Å²) in [6.07, 6.45) is 13.4. The van der Waals surface area contributed by atoms with Gasteiger partial charge in [0.2, 0.25) is 0 Å². The molecule has 2 aliphatic heterocycles. The second kappa shape index (κ2) is 30.8. The Hall–Kier alpha value is -3.74. The number of hydrogen-bond donors (Lipinski definition) is 4. The Morgan fingerprint density at radius 3 is 1.85 bits per heavy atom. The molecule has 6 heteroatoms. The molecule has 2 aromatic carbocycles. The normalized spacial score (nSPS) is 15.4. The maximum Gasteiger partial charge on any atom is 0.0665 e. The number of nitrogens with two attached hydrogens (primary N) is 2. The summed E-state index contributed by atoms with van der Waals surface area (Å²) in [6, 6.07) is 21.9. The molecule has 0 radical (unpaired) electrons. The number of nitrogens with zero attached hydrogens (tertiary/aromatic N) is 2. The number of aryl methyl sites for hydroxylation is 1. The zero-order valence-electron chi connectivity index (χ0n) is 34.4. The van der Waals surface area contributed by atoms with Gasteiger partial charge in [-0.05, 0) is 102 Å². The van der Waals surface area contributed by atoms with E-state index in [1.807, 2.05) is 25.1 Å². The van der Waals surface area contributed by atoms with Gasteiger partial charge in [0.15, 0.2) is 0 Å². The van der Waals surface area contributed by atoms with Gasteiger partial charge in [0.1, 0.15) is 0 Å². The van der Waals surface area contributed by atoms with Crippen LogP contribution < -0.4 is 22.1 Å². The zero-order chi connectivity index (χ0) is 39.1. The van der Waals surface area contributed by atoms with Crippen molar-refractivity contribution >= 4 is 0 Å². The van der Waals surface area contributed by atoms with Gasteiger partial charge in [-0.3, -0.25) is 0 Å². The zero-order valence-corrected chi connectivity index (χ0v) is 34.4. The summed E-state index contributed by atoms with van der Waals surface area (Å²) in [6.45, 7) is 36.4. The first-order chi connectivity index (χ1) is 25.0. The van der Waals surface area contributed by atoms with Crippen molar-refractivity contribution in [2.45, 2.75) is 105 Å². The van der Waals surface area contributed by atoms with E-state index in [0.717, 1.165) is 50.0 Å². The highest BCUT2D eigenvalue weighted by molar-refractivity contribution is 5.19. The molecule has 6 N–H and O–H groups in total. The molecule has 4 rings (SSSR count). The van der Waals surface area contributed by atoms with Crippen LogP contribution in [-0.2, 0) is 6.42 Å². The SMILES string of the molecule is C=C(CNC(=CCC)C(C)Cc1ccccc1)NC(CCN)C(=C)N1CCC(N2CCCC2)CC1.C=CC.C=CN.CC(C)C.Cc1ccccc1. The van der Waals surface area contributed by atoms with E-state index in [9.17, 15) is 0 Å². The highest BCUT2D eigenvalue weighted by atomic mass is 15.2. The average molecular weight is 715 g/mol. The number of piperidine rings is 1. The van der Waals surface area contributed by atoms with Gasteiger partial charge < -0.3 is 31.9 Å². The number of nitrogens with one attached hydrogen (secondary N) is 2. The van der Waals surface area contributed by atoms with Crippen LogP contribution >= 0.6 is 0 Å². The molecule has 0 aliphatic carbocycles. The first-order valence-corrected chi connectivity index (χ1v) is 19.7. The minimum absolute atomic E-state index is 0.137. The molecule has 52 heavy (non-hydrogen) atoms. The van der Waals surface area contributed by atoms with Crippen LogP contribution in [-0.4, -0.2) is 61.2 Å². The first-order valence-electron chi connectivity index (χ1n) is 19.7. The smallest absolute Gasteiger partial charge is 0.0665 e. The summed E-state index contributed by atoms with van der Waals surface area (Å²) >= 11 is 0. The van der Waals surface area contributed by atoms with E-state index in [4.69, 9.17) is 5.73 Å². The summed E-state index contributed by atoms with van der Waals surface area (Å²) in [5.41, 5.74) is 16.7. The molecular formula is C46H78N6. The quantitative estimate of drug-likeness (QED) is 0.146. The van der Waals surface area contributed by atoms with E-state index in [1.165, 1.54) is 67.5 Å². The fourth-order valence-corrected chi connectivity index (χ4v) is 6.12. The third kappa shape index (κ3) is 22.9. The molecule has 2 saturated heterocycles. The second-order valence-electron chi connectivity index (χ2n) is 14.4. The van der Waals surface area contributed by atoms with Gasteiger partial charge >= 0.3 is 0 Å². The molecule has 6 nitrogen and oxygen atoms in total. The highest BCUT2D eigenvalue weighted by Crippen LogP contribution is 2.24. The van der Waals surface area contributed by atoms with Crippen molar-refractivity contribution < 1.29 is 0 Å². The third-order valence-corrected chi connectivity index (χ3v) is 8.55. The van der Waals surface area contributed by atoms with Crippen molar-refractivity contribution in [3.63, 3.8) is 0 Å². The lowest BCUT2D eigenvalue weighted by Crippen LogP contribution is -2.47. The van der Waals surface area contributed by atoms with Crippen LogP contribution in [0.1, 0.15) is 91.2 Å². The second-order valence-corrected chi connectivity index (χ2v) is 14.4. The lowest BCUT2D eigenvalue weighted by atomic mass is 9.97. The minimum atomic E-state index is 0.137. The van der Waals surface area contributed by atoms with E-state index in [2.05, 4.69) is 143 Å². The van der Waals surface area contributed by atoms with Crippen molar-refractivity contribution in [1.82, 2.24) is 20.4 Å². The number of hydrogen-bond acceptors (Lipinski definition) is 6. The molecule has 2 atom stereocenters. The molecule has 2 aromatic rings. The van der Waals surface area contributed by atoms with Crippen LogP contribution in [0.15, 0.2) is 122 Å². The number of benzene rings is 2. The van der Waals surface area contributed by atoms with E-state index in [0.29, 0.717) is 19.0 Å². The highest BCUT2D eigenvalue weighted by Gasteiger charge is 2.28. The topological polar surface area (TPSA) is 82.6 Å². The van der Waals surface area contributed by atoms with Crippen molar-refractivity contribution in [3.05, 3.63) is 134 Å². The van der Waals surface area contributed by atoms with E-state index in [-0.39, 0.29) is 6.04 Å². The lowest BCUT2D eigenvalue weighted by molar-refractivity contribution is 0.142. The molecule has 2 unspecified atom stereocenters. The first kappa shape index (κ1) is 48.3. The van der Waals surface area contributed by atoms with Crippen LogP contribution in [0.2, 0.25) is 0 Å². The lowest BCUT2D eigenvalue weighted by Gasteiger charge is -2.40. The molecule has 0 spiro atoms. The number of likely N-dealkylation sites (tertiary alicyclic amines) is 2. The number of allylic oxidation sites excluding steroid dienone is 3. The standard InChI is InChI=1S/C30H49N5.C7H8.C4H10.C3H6.C2H5N/c1-5-11-29(24(2)22-27-12-7-6-8-13-27)32-23-25(3)33-30(14-17-31)26(4)34-20-15-28(16-21-34)35-18-9-10-19-35;1-7-5-3-2-4-6-7;1-4(2)3;1-3-2;1-2-3/h6-8,11-13,24,28,30,32-33H,3-5,9-10,14-23,31H2,1-2H3;2-6H,1H3;4H,1-3H3;3H,1H2,2H3;2H,1,3H2. The van der Waals surface area contributed by atoms with Gasteiger partial charge in [0, 0.05) is 36.2 Å². The Kier molecular flexibility index (Phi) is 28.6. The predicted octanol–water partition coefficient (Wildman–Crippen LogP) is 9.58. The maximum absolute atomic E-state index is 5.99. The molecule has 2 aliphatic rings. The molecule has 2 fully saturated rings. The van der Waals surface area contributed by atoms with Gasteiger partial charge in [0.05, 0.1) is 12.6 Å². The van der Waals surface area contributed by atoms with Crippen molar-refractivity contribution in [2.24, 2.45) is 23.3 Å². The monoisotopic (exact) mass is 715 g/mol. The Labute approximate surface area is 321 Å². The van der Waals surface area contributed by atoms with Gasteiger partial charge in [0.25, 0.3) is 0 Å². The molecule has 0 saturated carbocycles. The Morgan fingerprint density at radius 1 is 0.904 bits per heavy atom. The largest absolute Gasteiger partial charge is 0.405 e. The molecule has 0 bridgehead atoms. The van der Waals surface area contributed by atoms with Gasteiger partial charge in [-0.2, -0.15) is 0 Å². The molecule has 0 aromatic heterocycles. The van der Waals surface area contributed by atoms with E-state index >= 15 is 0 Å². The van der Waals surface area contributed by atoms with Gasteiger partial charge in [-0.1, -0.05) is 133 Å². The summed E-state index contributed by atoms with van der Waals surface area (Å²) < 4.78 is 0. The van der Waals surface area contributed by atoms with Gasteiger partial charge in [-0.15, -0.1) is 6.58 Å². The Balaban J connectivity index is 0.00000126. The molecular weight excluding hydrogens is 637 g/mol. The summed E-state index contributed by atoms with van der Waals surface area (Å²) in [5, 5.41) is 7.31. The van der Waals surface area contributed by atoms with Crippen molar-refractivity contribution in [2.75, 3.05) is 39.3 Å². The Bertz CT molecular complexity index is 1200. The van der Waals surface area contributed by atoms with Crippen LogP contribution in [0.25, 0.3) is 0 Å². The van der Waals surface area contributed by atoms with Crippen molar-refractivity contribution in [3.8, 4) is 0 Å². The number of rotatable bonds is 14. The van der Waals surface area contributed by atoms with Crippen LogP contribution in [0, 0.1) is 18.8 Å². The average Bonchev–Trinajstić information content (AvgIpc) is 3.67. The molecule has 292 valence electrons. The van der Waals surface area contributed by atoms with Crippen LogP contribution in [0.3, 0.4) is 0 Å². The fourth-order valence-electron chi connectivity index (χ4n) is 6.12. The maximum atomic E-state index is 5.99. The Morgan fingerprint density at radius 2 is 1.40 bits per heavy atom. The summed E-state index contributed by atoms with van der Waals surface area (Å²) in [7, 11) is 0. The summed E-state index contributed by atoms with van der Waals surface area (Å²) in [5.74, 6) is 1.26. The van der Waals surface area contributed by atoms with Crippen LogP contribution in [0.5, 0.6) is 0 Å². The van der Waals surface area contributed by atoms with Gasteiger partial charge in [-0.25, -0.2) is 0 Å². The molecule has 2 heterocycles. The van der Waals surface area contributed by atoms with E-state index < -0.39 is 0 Å². The predicted molar refractivity (Wildman–Crippen MR) is 232 cm³/mol. The summed E-state index contributed by atoms with van der Waals surface area (Å²) in [4.78, 5) is 5.17. The third-order valence-electron chi connectivity index (χ3n) is 8.55. The van der Waals surface area contributed by atoms with Crippen molar-refractivity contribution in [1.29, 1.82) is 0 Å². The van der Waals surface area contributed by atoms with Crippen LogP contribution in [0.4, 0.5) is 0 Å².